The van der Waals surface area contributed by atoms with Crippen molar-refractivity contribution in [3.05, 3.63) is 74.5 Å². The average Bonchev–Trinajstić information content (AvgIpc) is 3.22. The Morgan fingerprint density at radius 2 is 1.94 bits per heavy atom. The van der Waals surface area contributed by atoms with Crippen LogP contribution >= 0.6 is 15.9 Å². The van der Waals surface area contributed by atoms with Crippen molar-refractivity contribution in [1.29, 1.82) is 0 Å². The van der Waals surface area contributed by atoms with Gasteiger partial charge in [0.05, 0.1) is 22.7 Å². The number of carbonyl (C=O) groups is 1. The lowest BCUT2D eigenvalue weighted by Crippen LogP contribution is -2.34. The molecular formula is C22H23BrN6O3. The first kappa shape index (κ1) is 21.9. The number of piperidine rings is 1. The van der Waals surface area contributed by atoms with Gasteiger partial charge in [-0.15, -0.1) is 5.10 Å². The third-order valence-electron chi connectivity index (χ3n) is 5.58. The largest absolute Gasteiger partial charge is 0.371 e. The van der Waals surface area contributed by atoms with Gasteiger partial charge in [-0.1, -0.05) is 35.0 Å². The van der Waals surface area contributed by atoms with Gasteiger partial charge in [0.25, 0.3) is 11.6 Å². The fourth-order valence-electron chi connectivity index (χ4n) is 3.72. The molecule has 3 aromatic rings. The lowest BCUT2D eigenvalue weighted by Gasteiger charge is -2.33. The zero-order chi connectivity index (χ0) is 22.7. The molecule has 1 N–H and O–H groups in total. The van der Waals surface area contributed by atoms with Crippen molar-refractivity contribution in [2.75, 3.05) is 23.3 Å². The second-order valence-electron chi connectivity index (χ2n) is 7.97. The van der Waals surface area contributed by atoms with Crippen LogP contribution in [0.15, 0.2) is 53.3 Å². The topological polar surface area (TPSA) is 106 Å². The highest BCUT2D eigenvalue weighted by Crippen LogP contribution is 2.29. The number of rotatable bonds is 6. The fourth-order valence-corrected chi connectivity index (χ4v) is 3.98. The van der Waals surface area contributed by atoms with Crippen LogP contribution in [0.5, 0.6) is 0 Å². The summed E-state index contributed by atoms with van der Waals surface area (Å²) in [5, 5.41) is 18.3. The van der Waals surface area contributed by atoms with E-state index in [-0.39, 0.29) is 17.2 Å². The van der Waals surface area contributed by atoms with Crippen molar-refractivity contribution < 1.29 is 9.72 Å². The van der Waals surface area contributed by atoms with E-state index in [4.69, 9.17) is 0 Å². The van der Waals surface area contributed by atoms with Crippen LogP contribution in [0, 0.1) is 16.0 Å². The number of anilines is 2. The molecular weight excluding hydrogens is 476 g/mol. The van der Waals surface area contributed by atoms with Gasteiger partial charge in [0.2, 0.25) is 5.95 Å². The molecule has 1 fully saturated rings. The highest BCUT2D eigenvalue weighted by atomic mass is 79.9. The number of amides is 1. The monoisotopic (exact) mass is 498 g/mol. The van der Waals surface area contributed by atoms with Crippen LogP contribution in [-0.4, -0.2) is 38.7 Å². The quantitative estimate of drug-likeness (QED) is 0.396. The summed E-state index contributed by atoms with van der Waals surface area (Å²) in [7, 11) is 0. The number of hydrogen-bond donors (Lipinski definition) is 1. The van der Waals surface area contributed by atoms with Gasteiger partial charge >= 0.3 is 0 Å². The Morgan fingerprint density at radius 1 is 1.22 bits per heavy atom. The minimum absolute atomic E-state index is 0.127. The number of halogens is 1. The number of aromatic nitrogens is 3. The van der Waals surface area contributed by atoms with Crippen LogP contribution < -0.4 is 10.2 Å². The summed E-state index contributed by atoms with van der Waals surface area (Å²) in [6.45, 7) is 4.32. The van der Waals surface area contributed by atoms with Crippen LogP contribution in [-0.2, 0) is 6.54 Å². The van der Waals surface area contributed by atoms with Crippen LogP contribution in [0.4, 0.5) is 17.3 Å². The Kier molecular flexibility index (Phi) is 6.50. The van der Waals surface area contributed by atoms with Gasteiger partial charge < -0.3 is 4.90 Å². The maximum atomic E-state index is 13.1. The zero-order valence-electron chi connectivity index (χ0n) is 17.6. The summed E-state index contributed by atoms with van der Waals surface area (Å²) in [5.41, 5.74) is 1.85. The highest BCUT2D eigenvalue weighted by molar-refractivity contribution is 9.10. The van der Waals surface area contributed by atoms with Gasteiger partial charge in [0.1, 0.15) is 6.33 Å². The van der Waals surface area contributed by atoms with E-state index in [0.717, 1.165) is 36.0 Å². The van der Waals surface area contributed by atoms with Crippen LogP contribution in [0.1, 0.15) is 35.7 Å². The standard InChI is InChI=1S/C22H23BrN6O3/c1-15-8-10-27(11-9-15)20-7-6-18(29(31)32)12-19(20)21(30)25-22-24-14-28(26-22)13-16-2-4-17(23)5-3-16/h2-7,12,14-15H,8-11,13H2,1H3,(H,25,26,30). The minimum Gasteiger partial charge on any atom is -0.371 e. The predicted octanol–water partition coefficient (Wildman–Crippen LogP) is 4.49. The number of hydrogen-bond acceptors (Lipinski definition) is 6. The minimum atomic E-state index is -0.496. The molecule has 10 heteroatoms. The van der Waals surface area contributed by atoms with Crippen molar-refractivity contribution >= 4 is 39.2 Å². The molecule has 9 nitrogen and oxygen atoms in total. The molecule has 4 rings (SSSR count). The molecule has 0 atom stereocenters. The second kappa shape index (κ2) is 9.47. The van der Waals surface area contributed by atoms with Crippen molar-refractivity contribution in [2.45, 2.75) is 26.3 Å². The third-order valence-corrected chi connectivity index (χ3v) is 6.11. The van der Waals surface area contributed by atoms with Gasteiger partial charge in [0.15, 0.2) is 0 Å². The molecule has 1 aliphatic rings. The zero-order valence-corrected chi connectivity index (χ0v) is 19.2. The molecule has 0 aliphatic carbocycles. The summed E-state index contributed by atoms with van der Waals surface area (Å²) in [5.74, 6) is 0.306. The van der Waals surface area contributed by atoms with E-state index in [0.29, 0.717) is 18.2 Å². The maximum absolute atomic E-state index is 13.1. The number of benzene rings is 2. The first-order valence-electron chi connectivity index (χ1n) is 10.4. The Hall–Kier alpha value is -3.27. The summed E-state index contributed by atoms with van der Waals surface area (Å²) >= 11 is 3.41. The molecule has 0 radical (unpaired) electrons. The Labute approximate surface area is 193 Å². The highest BCUT2D eigenvalue weighted by Gasteiger charge is 2.24. The Bertz CT molecular complexity index is 1120. The molecule has 1 aromatic heterocycles. The molecule has 32 heavy (non-hydrogen) atoms. The third kappa shape index (κ3) is 5.13. The molecule has 0 saturated carbocycles. The van der Waals surface area contributed by atoms with Crippen LogP contribution in [0.25, 0.3) is 0 Å². The van der Waals surface area contributed by atoms with Gasteiger partial charge in [0, 0.05) is 29.7 Å². The Balaban J connectivity index is 1.53. The van der Waals surface area contributed by atoms with Gasteiger partial charge in [-0.3, -0.25) is 20.2 Å². The van der Waals surface area contributed by atoms with E-state index >= 15 is 0 Å². The lowest BCUT2D eigenvalue weighted by atomic mass is 9.98. The number of nitrogens with one attached hydrogen (secondary N) is 1. The smallest absolute Gasteiger partial charge is 0.270 e. The molecule has 1 aliphatic heterocycles. The second-order valence-corrected chi connectivity index (χ2v) is 8.89. The average molecular weight is 499 g/mol. The molecule has 166 valence electrons. The van der Waals surface area contributed by atoms with Crippen LogP contribution in [0.2, 0.25) is 0 Å². The summed E-state index contributed by atoms with van der Waals surface area (Å²) in [4.78, 5) is 30.1. The van der Waals surface area contributed by atoms with Crippen molar-refractivity contribution in [2.24, 2.45) is 5.92 Å². The van der Waals surface area contributed by atoms with Gasteiger partial charge in [-0.2, -0.15) is 0 Å². The van der Waals surface area contributed by atoms with E-state index in [2.05, 4.69) is 43.2 Å². The van der Waals surface area contributed by atoms with E-state index < -0.39 is 10.8 Å². The number of nitro benzene ring substituents is 1. The number of nitro groups is 1. The summed E-state index contributed by atoms with van der Waals surface area (Å²) in [6, 6.07) is 12.2. The maximum Gasteiger partial charge on any atom is 0.270 e. The van der Waals surface area contributed by atoms with Gasteiger partial charge in [-0.05, 0) is 42.5 Å². The van der Waals surface area contributed by atoms with E-state index in [1.807, 2.05) is 24.3 Å². The molecule has 2 heterocycles. The first-order valence-corrected chi connectivity index (χ1v) is 11.2. The summed E-state index contributed by atoms with van der Waals surface area (Å²) in [6.07, 6.45) is 3.57. The molecule has 1 saturated heterocycles. The van der Waals surface area contributed by atoms with Crippen molar-refractivity contribution in [3.8, 4) is 0 Å². The van der Waals surface area contributed by atoms with E-state index in [1.54, 1.807) is 10.7 Å². The first-order chi connectivity index (χ1) is 15.4. The SMILES string of the molecule is CC1CCN(c2ccc([N+](=O)[O-])cc2C(=O)Nc2ncn(Cc3ccc(Br)cc3)n2)CC1. The molecule has 0 bridgehead atoms. The number of non-ortho nitro benzene ring substituents is 1. The fraction of sp³-hybridized carbons (Fsp3) is 0.318. The summed E-state index contributed by atoms with van der Waals surface area (Å²) < 4.78 is 2.61. The molecule has 0 unspecified atom stereocenters. The van der Waals surface area contributed by atoms with Crippen molar-refractivity contribution in [1.82, 2.24) is 14.8 Å². The van der Waals surface area contributed by atoms with Crippen LogP contribution in [0.3, 0.4) is 0 Å². The normalized spacial score (nSPS) is 14.4. The predicted molar refractivity (Wildman–Crippen MR) is 125 cm³/mol. The van der Waals surface area contributed by atoms with E-state index in [1.165, 1.54) is 18.5 Å². The van der Waals surface area contributed by atoms with Crippen molar-refractivity contribution in [3.63, 3.8) is 0 Å². The lowest BCUT2D eigenvalue weighted by molar-refractivity contribution is -0.384. The molecule has 2 aromatic carbocycles. The van der Waals surface area contributed by atoms with Gasteiger partial charge in [-0.25, -0.2) is 9.67 Å². The number of carbonyl (C=O) groups excluding carboxylic acids is 1. The number of nitrogens with zero attached hydrogens (tertiary/aromatic N) is 5. The molecule has 0 spiro atoms. The Morgan fingerprint density at radius 3 is 2.62 bits per heavy atom. The molecule has 1 amide bonds. The van der Waals surface area contributed by atoms with E-state index in [9.17, 15) is 14.9 Å².